The van der Waals surface area contributed by atoms with E-state index < -0.39 is 28.9 Å². The molecular weight excluding hydrogens is 251 g/mol. The van der Waals surface area contributed by atoms with E-state index in [1.54, 1.807) is 11.8 Å². The van der Waals surface area contributed by atoms with Crippen LogP contribution in [0.25, 0.3) is 0 Å². The summed E-state index contributed by atoms with van der Waals surface area (Å²) in [6.07, 6.45) is 0. The van der Waals surface area contributed by atoms with Crippen molar-refractivity contribution in [2.45, 2.75) is 0 Å². The third-order valence-corrected chi connectivity index (χ3v) is 3.50. The summed E-state index contributed by atoms with van der Waals surface area (Å²) < 4.78 is 39.7. The van der Waals surface area contributed by atoms with Gasteiger partial charge in [0.1, 0.15) is 11.4 Å². The molecule has 2 nitrogen and oxygen atoms in total. The Balaban J connectivity index is 2.32. The van der Waals surface area contributed by atoms with E-state index in [0.29, 0.717) is 19.2 Å². The SMILES string of the molecule is O=C(c1c(F)ccc(F)c1F)N1CCSCC1. The van der Waals surface area contributed by atoms with Crippen molar-refractivity contribution in [2.75, 3.05) is 24.6 Å². The van der Waals surface area contributed by atoms with Gasteiger partial charge in [0.05, 0.1) is 0 Å². The van der Waals surface area contributed by atoms with E-state index in [0.717, 1.165) is 17.6 Å². The van der Waals surface area contributed by atoms with Gasteiger partial charge in [-0.05, 0) is 12.1 Å². The number of carbonyl (C=O) groups is 1. The summed E-state index contributed by atoms with van der Waals surface area (Å²) in [7, 11) is 0. The fourth-order valence-corrected chi connectivity index (χ4v) is 2.55. The van der Waals surface area contributed by atoms with E-state index in [2.05, 4.69) is 0 Å². The Hall–Kier alpha value is -1.17. The predicted molar refractivity (Wildman–Crippen MR) is 59.5 cm³/mol. The van der Waals surface area contributed by atoms with Gasteiger partial charge in [0.15, 0.2) is 11.6 Å². The molecule has 17 heavy (non-hydrogen) atoms. The molecule has 92 valence electrons. The minimum absolute atomic E-state index is 0.429. The monoisotopic (exact) mass is 261 g/mol. The maximum Gasteiger partial charge on any atom is 0.259 e. The molecule has 1 amide bonds. The van der Waals surface area contributed by atoms with Gasteiger partial charge >= 0.3 is 0 Å². The topological polar surface area (TPSA) is 20.3 Å². The lowest BCUT2D eigenvalue weighted by atomic mass is 10.1. The molecule has 0 atom stereocenters. The van der Waals surface area contributed by atoms with Gasteiger partial charge < -0.3 is 4.90 Å². The molecule has 0 aliphatic carbocycles. The van der Waals surface area contributed by atoms with E-state index >= 15 is 0 Å². The van der Waals surface area contributed by atoms with Crippen LogP contribution in [0.1, 0.15) is 10.4 Å². The van der Waals surface area contributed by atoms with Crippen LogP contribution < -0.4 is 0 Å². The van der Waals surface area contributed by atoms with Gasteiger partial charge in [-0.15, -0.1) is 0 Å². The predicted octanol–water partition coefficient (Wildman–Crippen LogP) is 2.29. The average Bonchev–Trinajstić information content (AvgIpc) is 2.35. The number of hydrogen-bond acceptors (Lipinski definition) is 2. The molecule has 0 unspecified atom stereocenters. The normalized spacial score (nSPS) is 16.1. The molecule has 1 aliphatic rings. The Morgan fingerprint density at radius 3 is 2.35 bits per heavy atom. The Labute approximate surface area is 101 Å². The second-order valence-electron chi connectivity index (χ2n) is 3.62. The molecule has 1 aromatic carbocycles. The largest absolute Gasteiger partial charge is 0.337 e. The maximum absolute atomic E-state index is 13.4. The number of halogens is 3. The molecule has 0 bridgehead atoms. The minimum Gasteiger partial charge on any atom is -0.337 e. The first kappa shape index (κ1) is 12.3. The van der Waals surface area contributed by atoms with Crippen molar-refractivity contribution >= 4 is 17.7 Å². The Morgan fingerprint density at radius 2 is 1.71 bits per heavy atom. The lowest BCUT2D eigenvalue weighted by Crippen LogP contribution is -2.38. The highest BCUT2D eigenvalue weighted by Crippen LogP contribution is 2.19. The maximum atomic E-state index is 13.4. The lowest BCUT2D eigenvalue weighted by molar-refractivity contribution is 0.0761. The Morgan fingerprint density at radius 1 is 1.12 bits per heavy atom. The molecule has 1 fully saturated rings. The van der Waals surface area contributed by atoms with Gasteiger partial charge in [-0.1, -0.05) is 0 Å². The zero-order valence-electron chi connectivity index (χ0n) is 8.88. The van der Waals surface area contributed by atoms with Gasteiger partial charge in [-0.25, -0.2) is 13.2 Å². The summed E-state index contributed by atoms with van der Waals surface area (Å²) in [6.45, 7) is 0.859. The molecule has 0 N–H and O–H groups in total. The summed E-state index contributed by atoms with van der Waals surface area (Å²) in [5.41, 5.74) is -0.795. The smallest absolute Gasteiger partial charge is 0.259 e. The summed E-state index contributed by atoms with van der Waals surface area (Å²) in [5.74, 6) is -2.96. The first-order chi connectivity index (χ1) is 8.11. The van der Waals surface area contributed by atoms with E-state index in [1.807, 2.05) is 0 Å². The number of hydrogen-bond donors (Lipinski definition) is 0. The van der Waals surface area contributed by atoms with Crippen LogP contribution in [-0.2, 0) is 0 Å². The highest BCUT2D eigenvalue weighted by Gasteiger charge is 2.26. The van der Waals surface area contributed by atoms with Crippen LogP contribution in [0.3, 0.4) is 0 Å². The highest BCUT2D eigenvalue weighted by molar-refractivity contribution is 7.99. The number of nitrogens with zero attached hydrogens (tertiary/aromatic N) is 1. The molecule has 1 heterocycles. The second-order valence-corrected chi connectivity index (χ2v) is 4.85. The molecule has 0 saturated carbocycles. The number of carbonyl (C=O) groups excluding carboxylic acids is 1. The van der Waals surface area contributed by atoms with Gasteiger partial charge in [0.25, 0.3) is 5.91 Å². The van der Waals surface area contributed by atoms with Gasteiger partial charge in [-0.2, -0.15) is 11.8 Å². The summed E-state index contributed by atoms with van der Waals surface area (Å²) >= 11 is 1.67. The van der Waals surface area contributed by atoms with E-state index in [4.69, 9.17) is 0 Å². The number of rotatable bonds is 1. The standard InChI is InChI=1S/C11H10F3NOS/c12-7-1-2-8(13)10(14)9(7)11(16)15-3-5-17-6-4-15/h1-2H,3-6H2. The van der Waals surface area contributed by atoms with Crippen molar-refractivity contribution in [1.82, 2.24) is 4.90 Å². The molecule has 0 radical (unpaired) electrons. The van der Waals surface area contributed by atoms with Crippen LogP contribution in [0.4, 0.5) is 13.2 Å². The van der Waals surface area contributed by atoms with Gasteiger partial charge in [0, 0.05) is 24.6 Å². The van der Waals surface area contributed by atoms with Gasteiger partial charge in [-0.3, -0.25) is 4.79 Å². The zero-order chi connectivity index (χ0) is 12.4. The molecule has 6 heteroatoms. The van der Waals surface area contributed by atoms with Crippen LogP contribution >= 0.6 is 11.8 Å². The third-order valence-electron chi connectivity index (χ3n) is 2.56. The molecule has 1 saturated heterocycles. The number of thioether (sulfide) groups is 1. The van der Waals surface area contributed by atoms with Crippen LogP contribution in [0.2, 0.25) is 0 Å². The van der Waals surface area contributed by atoms with Crippen molar-refractivity contribution < 1.29 is 18.0 Å². The van der Waals surface area contributed by atoms with E-state index in [1.165, 1.54) is 4.90 Å². The molecular formula is C11H10F3NOS. The van der Waals surface area contributed by atoms with Crippen molar-refractivity contribution in [1.29, 1.82) is 0 Å². The number of benzene rings is 1. The van der Waals surface area contributed by atoms with Crippen LogP contribution in [0.5, 0.6) is 0 Å². The van der Waals surface area contributed by atoms with Crippen molar-refractivity contribution in [3.8, 4) is 0 Å². The summed E-state index contributed by atoms with van der Waals surface area (Å²) in [6, 6.07) is 1.44. The van der Waals surface area contributed by atoms with Crippen LogP contribution in [0.15, 0.2) is 12.1 Å². The lowest BCUT2D eigenvalue weighted by Gasteiger charge is -2.26. The molecule has 2 rings (SSSR count). The molecule has 0 spiro atoms. The first-order valence-corrected chi connectivity index (χ1v) is 6.27. The third kappa shape index (κ3) is 2.41. The zero-order valence-corrected chi connectivity index (χ0v) is 9.70. The number of amides is 1. The summed E-state index contributed by atoms with van der Waals surface area (Å²) in [5, 5.41) is 0. The quantitative estimate of drug-likeness (QED) is 0.723. The Kier molecular flexibility index (Phi) is 3.61. The van der Waals surface area contributed by atoms with Crippen LogP contribution in [0, 0.1) is 17.5 Å². The first-order valence-electron chi connectivity index (χ1n) is 5.12. The highest BCUT2D eigenvalue weighted by atomic mass is 32.2. The van der Waals surface area contributed by atoms with Gasteiger partial charge in [0.2, 0.25) is 0 Å². The van der Waals surface area contributed by atoms with Crippen LogP contribution in [-0.4, -0.2) is 35.4 Å². The Bertz CT molecular complexity index is 447. The van der Waals surface area contributed by atoms with Crippen molar-refractivity contribution in [2.24, 2.45) is 0 Å². The van der Waals surface area contributed by atoms with E-state index in [9.17, 15) is 18.0 Å². The average molecular weight is 261 g/mol. The fourth-order valence-electron chi connectivity index (χ4n) is 1.65. The van der Waals surface area contributed by atoms with E-state index in [-0.39, 0.29) is 0 Å². The fraction of sp³-hybridized carbons (Fsp3) is 0.364. The minimum atomic E-state index is -1.41. The molecule has 0 aromatic heterocycles. The molecule has 1 aromatic rings. The summed E-state index contributed by atoms with van der Waals surface area (Å²) in [4.78, 5) is 13.2. The molecule has 1 aliphatic heterocycles. The second kappa shape index (κ2) is 5.00. The van der Waals surface area contributed by atoms with Crippen molar-refractivity contribution in [3.05, 3.63) is 35.1 Å². The van der Waals surface area contributed by atoms with Crippen molar-refractivity contribution in [3.63, 3.8) is 0 Å².